The molecule has 0 aromatic carbocycles. The lowest BCUT2D eigenvalue weighted by atomic mass is 10.4. The summed E-state index contributed by atoms with van der Waals surface area (Å²) in [5.74, 6) is 0.834. The Morgan fingerprint density at radius 1 is 1.36 bits per heavy atom. The minimum Gasteiger partial charge on any atom is -0.325 e. The van der Waals surface area contributed by atoms with Crippen LogP contribution < -0.4 is 5.73 Å². The maximum Gasteiger partial charge on any atom is 0.137 e. The summed E-state index contributed by atoms with van der Waals surface area (Å²) >= 11 is 3.33. The fourth-order valence-electron chi connectivity index (χ4n) is 1.12. The molecule has 0 amide bonds. The van der Waals surface area contributed by atoms with E-state index in [2.05, 4.69) is 25.9 Å². The number of nitrogens with two attached hydrogens (primary N) is 1. The Morgan fingerprint density at radius 3 is 2.79 bits per heavy atom. The topological polar surface area (TPSA) is 56.7 Å². The fourth-order valence-corrected chi connectivity index (χ4v) is 1.35. The van der Waals surface area contributed by atoms with Crippen LogP contribution in [0.15, 0.2) is 35.3 Å². The first-order valence-corrected chi connectivity index (χ1v) is 4.94. The van der Waals surface area contributed by atoms with Crippen molar-refractivity contribution < 1.29 is 0 Å². The van der Waals surface area contributed by atoms with Crippen molar-refractivity contribution in [3.8, 4) is 5.82 Å². The molecule has 72 valence electrons. The quantitative estimate of drug-likeness (QED) is 0.882. The molecular formula is C9H9BrN4. The van der Waals surface area contributed by atoms with Gasteiger partial charge in [0.05, 0.1) is 5.69 Å². The van der Waals surface area contributed by atoms with E-state index in [9.17, 15) is 0 Å². The summed E-state index contributed by atoms with van der Waals surface area (Å²) < 4.78 is 2.80. The minimum atomic E-state index is 0.448. The summed E-state index contributed by atoms with van der Waals surface area (Å²) in [6.45, 7) is 0.448. The highest BCUT2D eigenvalue weighted by atomic mass is 79.9. The van der Waals surface area contributed by atoms with E-state index in [1.807, 2.05) is 22.9 Å². The molecule has 0 aliphatic heterocycles. The predicted octanol–water partition coefficient (Wildman–Crippen LogP) is 1.49. The molecule has 0 aliphatic carbocycles. The molecule has 0 unspecified atom stereocenters. The van der Waals surface area contributed by atoms with Crippen LogP contribution in [0.2, 0.25) is 0 Å². The van der Waals surface area contributed by atoms with Crippen LogP contribution in [0.4, 0.5) is 0 Å². The average molecular weight is 253 g/mol. The van der Waals surface area contributed by atoms with Crippen molar-refractivity contribution >= 4 is 15.9 Å². The van der Waals surface area contributed by atoms with Crippen LogP contribution >= 0.6 is 15.9 Å². The van der Waals surface area contributed by atoms with Gasteiger partial charge in [-0.15, -0.1) is 0 Å². The molecule has 2 aromatic heterocycles. The maximum atomic E-state index is 5.46. The van der Waals surface area contributed by atoms with Gasteiger partial charge in [0.25, 0.3) is 0 Å². The standard InChI is InChI=1S/C9H9BrN4/c10-7-1-2-9(12-4-7)14-5-8(3-11)13-6-14/h1-2,4-6H,3,11H2. The zero-order chi connectivity index (χ0) is 9.97. The van der Waals surface area contributed by atoms with Crippen LogP contribution in [0, 0.1) is 0 Å². The summed E-state index contributed by atoms with van der Waals surface area (Å²) in [5.41, 5.74) is 6.32. The van der Waals surface area contributed by atoms with Crippen molar-refractivity contribution in [2.75, 3.05) is 0 Å². The third-order valence-electron chi connectivity index (χ3n) is 1.82. The second-order valence-electron chi connectivity index (χ2n) is 2.81. The van der Waals surface area contributed by atoms with E-state index in [1.54, 1.807) is 12.5 Å². The molecule has 2 aromatic rings. The zero-order valence-electron chi connectivity index (χ0n) is 7.39. The Morgan fingerprint density at radius 2 is 2.21 bits per heavy atom. The molecule has 0 radical (unpaired) electrons. The molecule has 4 nitrogen and oxygen atoms in total. The van der Waals surface area contributed by atoms with Crippen LogP contribution in [0.1, 0.15) is 5.69 Å². The average Bonchev–Trinajstić information content (AvgIpc) is 2.67. The molecule has 0 bridgehead atoms. The van der Waals surface area contributed by atoms with E-state index >= 15 is 0 Å². The van der Waals surface area contributed by atoms with Gasteiger partial charge >= 0.3 is 0 Å². The molecule has 14 heavy (non-hydrogen) atoms. The number of imidazole rings is 1. The molecule has 0 saturated carbocycles. The summed E-state index contributed by atoms with van der Waals surface area (Å²) in [5, 5.41) is 0. The van der Waals surface area contributed by atoms with Crippen molar-refractivity contribution in [1.29, 1.82) is 0 Å². The summed E-state index contributed by atoms with van der Waals surface area (Å²) in [7, 11) is 0. The van der Waals surface area contributed by atoms with Crippen molar-refractivity contribution in [2.45, 2.75) is 6.54 Å². The highest BCUT2D eigenvalue weighted by molar-refractivity contribution is 9.10. The molecule has 0 aliphatic rings. The monoisotopic (exact) mass is 252 g/mol. The lowest BCUT2D eigenvalue weighted by molar-refractivity contribution is 0.987. The first kappa shape index (κ1) is 9.36. The minimum absolute atomic E-state index is 0.448. The largest absolute Gasteiger partial charge is 0.325 e. The normalized spacial score (nSPS) is 10.4. The van der Waals surface area contributed by atoms with Crippen molar-refractivity contribution in [1.82, 2.24) is 14.5 Å². The Balaban J connectivity index is 2.34. The number of halogens is 1. The Labute approximate surface area is 89.9 Å². The van der Waals surface area contributed by atoms with Crippen LogP contribution in [0.3, 0.4) is 0 Å². The molecule has 2 rings (SSSR count). The first-order chi connectivity index (χ1) is 6.79. The van der Waals surface area contributed by atoms with Crippen LogP contribution in [0.25, 0.3) is 5.82 Å². The van der Waals surface area contributed by atoms with E-state index in [0.29, 0.717) is 6.54 Å². The molecule has 0 fully saturated rings. The number of nitrogens with zero attached hydrogens (tertiary/aromatic N) is 3. The molecule has 2 heterocycles. The predicted molar refractivity (Wildman–Crippen MR) is 57.0 cm³/mol. The van der Waals surface area contributed by atoms with Gasteiger partial charge in [0.1, 0.15) is 12.1 Å². The molecular weight excluding hydrogens is 244 g/mol. The maximum absolute atomic E-state index is 5.46. The Kier molecular flexibility index (Phi) is 2.60. The number of pyridine rings is 1. The zero-order valence-corrected chi connectivity index (χ0v) is 8.98. The second kappa shape index (κ2) is 3.89. The lowest BCUT2D eigenvalue weighted by Crippen LogP contribution is -1.96. The highest BCUT2D eigenvalue weighted by Gasteiger charge is 1.99. The van der Waals surface area contributed by atoms with Gasteiger partial charge in [0.15, 0.2) is 0 Å². The molecule has 0 atom stereocenters. The second-order valence-corrected chi connectivity index (χ2v) is 3.73. The van der Waals surface area contributed by atoms with Gasteiger partial charge in [-0.25, -0.2) is 9.97 Å². The van der Waals surface area contributed by atoms with Gasteiger partial charge < -0.3 is 5.73 Å². The highest BCUT2D eigenvalue weighted by Crippen LogP contribution is 2.10. The summed E-state index contributed by atoms with van der Waals surface area (Å²) in [6, 6.07) is 3.84. The summed E-state index contributed by atoms with van der Waals surface area (Å²) in [4.78, 5) is 8.35. The van der Waals surface area contributed by atoms with E-state index in [-0.39, 0.29) is 0 Å². The summed E-state index contributed by atoms with van der Waals surface area (Å²) in [6.07, 6.45) is 5.33. The van der Waals surface area contributed by atoms with Crippen molar-refractivity contribution in [3.05, 3.63) is 41.0 Å². The first-order valence-electron chi connectivity index (χ1n) is 4.14. The number of hydrogen-bond donors (Lipinski definition) is 1. The SMILES string of the molecule is NCc1cn(-c2ccc(Br)cn2)cn1. The van der Waals surface area contributed by atoms with Gasteiger partial charge in [-0.2, -0.15) is 0 Å². The third-order valence-corrected chi connectivity index (χ3v) is 2.29. The molecule has 5 heteroatoms. The van der Waals surface area contributed by atoms with Crippen molar-refractivity contribution in [3.63, 3.8) is 0 Å². The van der Waals surface area contributed by atoms with E-state index < -0.39 is 0 Å². The van der Waals surface area contributed by atoms with Gasteiger partial charge in [-0.1, -0.05) is 0 Å². The van der Waals surface area contributed by atoms with Gasteiger partial charge in [0, 0.05) is 23.4 Å². The molecule has 0 saturated heterocycles. The van der Waals surface area contributed by atoms with Crippen molar-refractivity contribution in [2.24, 2.45) is 5.73 Å². The smallest absolute Gasteiger partial charge is 0.137 e. The Hall–Kier alpha value is -1.20. The molecule has 0 spiro atoms. The number of hydrogen-bond acceptors (Lipinski definition) is 3. The Bertz CT molecular complexity index is 421. The number of rotatable bonds is 2. The lowest BCUT2D eigenvalue weighted by Gasteiger charge is -1.99. The van der Waals surface area contributed by atoms with Gasteiger partial charge in [0.2, 0.25) is 0 Å². The van der Waals surface area contributed by atoms with E-state index in [0.717, 1.165) is 16.0 Å². The van der Waals surface area contributed by atoms with E-state index in [1.165, 1.54) is 0 Å². The van der Waals surface area contributed by atoms with Gasteiger partial charge in [-0.3, -0.25) is 4.57 Å². The number of aromatic nitrogens is 3. The van der Waals surface area contributed by atoms with Gasteiger partial charge in [-0.05, 0) is 28.1 Å². The van der Waals surface area contributed by atoms with Crippen LogP contribution in [-0.4, -0.2) is 14.5 Å². The third kappa shape index (κ3) is 1.83. The van der Waals surface area contributed by atoms with E-state index in [4.69, 9.17) is 5.73 Å². The molecule has 2 N–H and O–H groups in total. The van der Waals surface area contributed by atoms with Crippen LogP contribution in [0.5, 0.6) is 0 Å². The fraction of sp³-hybridized carbons (Fsp3) is 0.111. The van der Waals surface area contributed by atoms with Crippen LogP contribution in [-0.2, 0) is 6.54 Å².